The fraction of sp³-hybridized carbons (Fsp3) is 0.538. The predicted octanol–water partition coefficient (Wildman–Crippen LogP) is 2.51. The van der Waals surface area contributed by atoms with Crippen LogP contribution >= 0.6 is 0 Å². The van der Waals surface area contributed by atoms with E-state index in [4.69, 9.17) is 5.73 Å². The maximum absolute atomic E-state index is 5.70. The van der Waals surface area contributed by atoms with Crippen molar-refractivity contribution in [1.29, 1.82) is 0 Å². The molecule has 0 aromatic heterocycles. The summed E-state index contributed by atoms with van der Waals surface area (Å²) < 4.78 is 0. The number of hydrogen-bond acceptors (Lipinski definition) is 2. The Hall–Kier alpha value is -1.02. The molecule has 0 aliphatic carbocycles. The van der Waals surface area contributed by atoms with Crippen molar-refractivity contribution < 1.29 is 0 Å². The Bertz CT molecular complexity index is 308. The van der Waals surface area contributed by atoms with Crippen LogP contribution in [0.1, 0.15) is 38.2 Å². The summed E-state index contributed by atoms with van der Waals surface area (Å²) in [5.41, 5.74) is 7.99. The van der Waals surface area contributed by atoms with Gasteiger partial charge in [0.2, 0.25) is 0 Å². The summed E-state index contributed by atoms with van der Waals surface area (Å²) in [4.78, 5) is 0. The lowest BCUT2D eigenvalue weighted by Crippen LogP contribution is -2.41. The first kappa shape index (κ1) is 10.5. The molecular formula is C13H20N2. The number of rotatable bonds is 1. The van der Waals surface area contributed by atoms with Crippen LogP contribution in [0.15, 0.2) is 24.3 Å². The monoisotopic (exact) mass is 204 g/mol. The minimum atomic E-state index is 0.622. The summed E-state index contributed by atoms with van der Waals surface area (Å²) in [6.45, 7) is 4.53. The zero-order chi connectivity index (χ0) is 10.8. The van der Waals surface area contributed by atoms with Crippen molar-refractivity contribution >= 4 is 5.69 Å². The number of nitrogens with two attached hydrogens (primary N) is 1. The molecule has 1 saturated heterocycles. The summed E-state index contributed by atoms with van der Waals surface area (Å²) >= 11 is 0. The summed E-state index contributed by atoms with van der Waals surface area (Å²) in [7, 11) is 0. The SMILES string of the molecule is CC1CC(c2ccc(N)cc2)C[C@@H](C)N1. The van der Waals surface area contributed by atoms with E-state index in [0.29, 0.717) is 18.0 Å². The van der Waals surface area contributed by atoms with Crippen molar-refractivity contribution in [3.05, 3.63) is 29.8 Å². The summed E-state index contributed by atoms with van der Waals surface area (Å²) in [6.07, 6.45) is 2.46. The molecule has 2 heteroatoms. The highest BCUT2D eigenvalue weighted by molar-refractivity contribution is 5.40. The van der Waals surface area contributed by atoms with E-state index in [2.05, 4.69) is 31.3 Å². The van der Waals surface area contributed by atoms with Crippen molar-refractivity contribution in [1.82, 2.24) is 5.32 Å². The molecule has 0 amide bonds. The van der Waals surface area contributed by atoms with Crippen LogP contribution in [0.5, 0.6) is 0 Å². The van der Waals surface area contributed by atoms with E-state index in [-0.39, 0.29) is 0 Å². The standard InChI is InChI=1S/C13H20N2/c1-9-7-12(8-10(2)15-9)11-3-5-13(14)6-4-11/h3-6,9-10,12,15H,7-8,14H2,1-2H3/t9-,10?,12?/m1/s1. The second kappa shape index (κ2) is 4.23. The molecule has 2 unspecified atom stereocenters. The lowest BCUT2D eigenvalue weighted by atomic mass is 9.84. The Balaban J connectivity index is 2.12. The number of hydrogen-bond donors (Lipinski definition) is 2. The van der Waals surface area contributed by atoms with Crippen LogP contribution in [-0.2, 0) is 0 Å². The maximum atomic E-state index is 5.70. The summed E-state index contributed by atoms with van der Waals surface area (Å²) in [6, 6.07) is 9.60. The Morgan fingerprint density at radius 2 is 1.60 bits per heavy atom. The highest BCUT2D eigenvalue weighted by Crippen LogP contribution is 2.30. The molecular weight excluding hydrogens is 184 g/mol. The fourth-order valence-electron chi connectivity index (χ4n) is 2.61. The number of nitrogen functional groups attached to an aromatic ring is 1. The van der Waals surface area contributed by atoms with Crippen molar-refractivity contribution in [2.45, 2.75) is 44.7 Å². The summed E-state index contributed by atoms with van der Waals surface area (Å²) in [5.74, 6) is 0.692. The van der Waals surface area contributed by atoms with E-state index in [1.54, 1.807) is 0 Å². The predicted molar refractivity (Wildman–Crippen MR) is 64.9 cm³/mol. The van der Waals surface area contributed by atoms with Gasteiger partial charge in [-0.15, -0.1) is 0 Å². The third-order valence-electron chi connectivity index (χ3n) is 3.25. The van der Waals surface area contributed by atoms with Gasteiger partial charge in [0.15, 0.2) is 0 Å². The second-order valence-corrected chi connectivity index (χ2v) is 4.80. The molecule has 0 spiro atoms. The average Bonchev–Trinajstić information content (AvgIpc) is 2.17. The number of piperidine rings is 1. The van der Waals surface area contributed by atoms with Crippen molar-refractivity contribution in [2.24, 2.45) is 0 Å². The minimum absolute atomic E-state index is 0.622. The molecule has 0 saturated carbocycles. The summed E-state index contributed by atoms with van der Waals surface area (Å²) in [5, 5.41) is 3.57. The lowest BCUT2D eigenvalue weighted by Gasteiger charge is -2.33. The van der Waals surface area contributed by atoms with Gasteiger partial charge >= 0.3 is 0 Å². The molecule has 1 fully saturated rings. The van der Waals surface area contributed by atoms with Crippen LogP contribution in [0.3, 0.4) is 0 Å². The van der Waals surface area contributed by atoms with Gasteiger partial charge in [0.05, 0.1) is 0 Å². The number of anilines is 1. The van der Waals surface area contributed by atoms with Gasteiger partial charge in [-0.25, -0.2) is 0 Å². The van der Waals surface area contributed by atoms with Gasteiger partial charge in [-0.05, 0) is 50.3 Å². The van der Waals surface area contributed by atoms with Gasteiger partial charge in [0.1, 0.15) is 0 Å². The first-order valence-corrected chi connectivity index (χ1v) is 5.76. The van der Waals surface area contributed by atoms with E-state index < -0.39 is 0 Å². The molecule has 82 valence electrons. The quantitative estimate of drug-likeness (QED) is 0.690. The molecule has 1 aliphatic rings. The molecule has 15 heavy (non-hydrogen) atoms. The highest BCUT2D eigenvalue weighted by atomic mass is 14.9. The van der Waals surface area contributed by atoms with Crippen molar-refractivity contribution in [2.75, 3.05) is 5.73 Å². The van der Waals surface area contributed by atoms with Crippen LogP contribution in [0.4, 0.5) is 5.69 Å². The van der Waals surface area contributed by atoms with Crippen LogP contribution in [-0.4, -0.2) is 12.1 Å². The van der Waals surface area contributed by atoms with Gasteiger partial charge in [0, 0.05) is 17.8 Å². The highest BCUT2D eigenvalue weighted by Gasteiger charge is 2.23. The first-order chi connectivity index (χ1) is 7.15. The van der Waals surface area contributed by atoms with Crippen LogP contribution in [0.25, 0.3) is 0 Å². The largest absolute Gasteiger partial charge is 0.399 e. The molecule has 0 bridgehead atoms. The Labute approximate surface area is 91.9 Å². The smallest absolute Gasteiger partial charge is 0.0314 e. The lowest BCUT2D eigenvalue weighted by molar-refractivity contribution is 0.317. The zero-order valence-corrected chi connectivity index (χ0v) is 9.53. The van der Waals surface area contributed by atoms with E-state index in [1.165, 1.54) is 18.4 Å². The topological polar surface area (TPSA) is 38.0 Å². The van der Waals surface area contributed by atoms with Gasteiger partial charge < -0.3 is 11.1 Å². The van der Waals surface area contributed by atoms with E-state index in [0.717, 1.165) is 5.69 Å². The second-order valence-electron chi connectivity index (χ2n) is 4.80. The number of nitrogens with one attached hydrogen (secondary N) is 1. The Morgan fingerprint density at radius 3 is 2.13 bits per heavy atom. The first-order valence-electron chi connectivity index (χ1n) is 5.76. The molecule has 2 nitrogen and oxygen atoms in total. The van der Waals surface area contributed by atoms with Gasteiger partial charge in [-0.1, -0.05) is 12.1 Å². The van der Waals surface area contributed by atoms with E-state index in [1.807, 2.05) is 12.1 Å². The molecule has 2 rings (SSSR count). The van der Waals surface area contributed by atoms with E-state index in [9.17, 15) is 0 Å². The van der Waals surface area contributed by atoms with Crippen LogP contribution < -0.4 is 11.1 Å². The van der Waals surface area contributed by atoms with Gasteiger partial charge in [-0.2, -0.15) is 0 Å². The zero-order valence-electron chi connectivity index (χ0n) is 9.53. The third-order valence-corrected chi connectivity index (χ3v) is 3.25. The Morgan fingerprint density at radius 1 is 1.07 bits per heavy atom. The minimum Gasteiger partial charge on any atom is -0.399 e. The molecule has 1 aliphatic heterocycles. The fourth-order valence-corrected chi connectivity index (χ4v) is 2.61. The molecule has 1 heterocycles. The normalized spacial score (nSPS) is 31.5. The van der Waals surface area contributed by atoms with Crippen LogP contribution in [0, 0.1) is 0 Å². The number of benzene rings is 1. The maximum Gasteiger partial charge on any atom is 0.0314 e. The van der Waals surface area contributed by atoms with Crippen molar-refractivity contribution in [3.8, 4) is 0 Å². The molecule has 1 aromatic rings. The van der Waals surface area contributed by atoms with E-state index >= 15 is 0 Å². The van der Waals surface area contributed by atoms with Crippen LogP contribution in [0.2, 0.25) is 0 Å². The average molecular weight is 204 g/mol. The molecule has 0 radical (unpaired) electrons. The molecule has 3 N–H and O–H groups in total. The van der Waals surface area contributed by atoms with Gasteiger partial charge in [-0.3, -0.25) is 0 Å². The van der Waals surface area contributed by atoms with Gasteiger partial charge in [0.25, 0.3) is 0 Å². The van der Waals surface area contributed by atoms with Crippen molar-refractivity contribution in [3.63, 3.8) is 0 Å². The Kier molecular flexibility index (Phi) is 2.96. The molecule has 3 atom stereocenters. The molecule has 1 aromatic carbocycles. The third kappa shape index (κ3) is 2.51.